The molecular weight excluding hydrogens is 132 g/mol. The van der Waals surface area contributed by atoms with Crippen LogP contribution < -0.4 is 11.0 Å². The summed E-state index contributed by atoms with van der Waals surface area (Å²) in [5.74, 6) is 0. The second kappa shape index (κ2) is 8.32. The molecule has 0 rings (SSSR count). The van der Waals surface area contributed by atoms with Gasteiger partial charge in [0.25, 0.3) is 0 Å². The van der Waals surface area contributed by atoms with Crippen LogP contribution in [0.2, 0.25) is 0 Å². The molecule has 0 aromatic heterocycles. The Bertz CT molecular complexity index is 98.3. The molecule has 0 bridgehead atoms. The number of nitrogens with one attached hydrogen (secondary N) is 2. The summed E-state index contributed by atoms with van der Waals surface area (Å²) in [5, 5.41) is 16.2. The van der Waals surface area contributed by atoms with Gasteiger partial charge in [-0.1, -0.05) is 24.3 Å². The Kier molecular flexibility index (Phi) is 7.75. The third-order valence-electron chi connectivity index (χ3n) is 0.802. The van der Waals surface area contributed by atoms with Crippen molar-refractivity contribution in [3.05, 3.63) is 24.3 Å². The monoisotopic (exact) mass is 144 g/mol. The smallest absolute Gasteiger partial charge is 0.0391 e. The normalized spacial score (nSPS) is 11.8. The maximum absolute atomic E-state index is 8.09. The van der Waals surface area contributed by atoms with Gasteiger partial charge < -0.3 is 10.4 Å². The fraction of sp³-hybridized carbons (Fsp3) is 0.333. The van der Waals surface area contributed by atoms with E-state index in [0.717, 1.165) is 0 Å². The Hall–Kier alpha value is -0.680. The molecule has 0 amide bonds. The lowest BCUT2D eigenvalue weighted by Gasteiger charge is -1.85. The molecule has 0 radical (unpaired) electrons. The maximum Gasteiger partial charge on any atom is 0.0391 e. The molecule has 0 unspecified atom stereocenters. The van der Waals surface area contributed by atoms with Gasteiger partial charge in [0, 0.05) is 13.1 Å². The summed E-state index contributed by atoms with van der Waals surface area (Å²) >= 11 is 0. The third kappa shape index (κ3) is 7.32. The summed E-state index contributed by atoms with van der Waals surface area (Å²) < 4.78 is 0. The minimum atomic E-state index is 0.427. The quantitative estimate of drug-likeness (QED) is 0.325. The van der Waals surface area contributed by atoms with Gasteiger partial charge in [-0.15, -0.1) is 0 Å². The van der Waals surface area contributed by atoms with E-state index in [1.165, 1.54) is 0 Å². The van der Waals surface area contributed by atoms with E-state index in [1.807, 2.05) is 11.0 Å². The maximum atomic E-state index is 8.09. The van der Waals surface area contributed by atoms with Crippen LogP contribution in [0.5, 0.6) is 0 Å². The van der Waals surface area contributed by atoms with Gasteiger partial charge in [-0.2, -0.15) is 0 Å². The minimum Gasteiger partial charge on any atom is -0.317 e. The van der Waals surface area contributed by atoms with E-state index in [-0.39, 0.29) is 0 Å². The summed E-state index contributed by atoms with van der Waals surface area (Å²) in [7, 11) is 0. The van der Waals surface area contributed by atoms with Gasteiger partial charge in [0.2, 0.25) is 0 Å². The second-order valence-corrected chi connectivity index (χ2v) is 1.58. The summed E-state index contributed by atoms with van der Waals surface area (Å²) in [5.41, 5.74) is 3.95. The zero-order valence-electron chi connectivity index (χ0n) is 5.62. The molecular formula is C6H12N2O2. The Balaban J connectivity index is 3.15. The highest BCUT2D eigenvalue weighted by atomic mass is 16.5. The summed E-state index contributed by atoms with van der Waals surface area (Å²) in [6, 6.07) is 0. The average Bonchev–Trinajstić information content (AvgIpc) is 1.97. The highest BCUT2D eigenvalue weighted by molar-refractivity contribution is 5.03. The highest BCUT2D eigenvalue weighted by Crippen LogP contribution is 1.73. The minimum absolute atomic E-state index is 0.427. The van der Waals surface area contributed by atoms with Gasteiger partial charge in [0.05, 0.1) is 0 Å². The number of hydrogen-bond acceptors (Lipinski definition) is 4. The number of allylic oxidation sites excluding steroid dienone is 2. The first-order valence-electron chi connectivity index (χ1n) is 2.97. The van der Waals surface area contributed by atoms with E-state index in [1.54, 1.807) is 24.3 Å². The van der Waals surface area contributed by atoms with E-state index in [9.17, 15) is 0 Å². The molecule has 0 saturated carbocycles. The first kappa shape index (κ1) is 9.32. The lowest BCUT2D eigenvalue weighted by Crippen LogP contribution is -2.05. The fourth-order valence-electron chi connectivity index (χ4n) is 0.399. The van der Waals surface area contributed by atoms with Crippen LogP contribution in [-0.4, -0.2) is 23.5 Å². The van der Waals surface area contributed by atoms with Crippen molar-refractivity contribution in [1.29, 1.82) is 0 Å². The zero-order valence-corrected chi connectivity index (χ0v) is 5.62. The van der Waals surface area contributed by atoms with E-state index in [0.29, 0.717) is 13.1 Å². The van der Waals surface area contributed by atoms with Crippen molar-refractivity contribution < 1.29 is 10.4 Å². The van der Waals surface area contributed by atoms with Crippen molar-refractivity contribution in [1.82, 2.24) is 11.0 Å². The highest BCUT2D eigenvalue weighted by Gasteiger charge is 1.69. The van der Waals surface area contributed by atoms with Crippen LogP contribution in [0, 0.1) is 0 Å². The van der Waals surface area contributed by atoms with Crippen molar-refractivity contribution in [2.75, 3.05) is 13.1 Å². The molecule has 4 N–H and O–H groups in total. The van der Waals surface area contributed by atoms with Crippen LogP contribution >= 0.6 is 0 Å². The molecule has 0 aromatic carbocycles. The van der Waals surface area contributed by atoms with Crippen LogP contribution in [0.1, 0.15) is 0 Å². The number of rotatable bonds is 5. The van der Waals surface area contributed by atoms with E-state index < -0.39 is 0 Å². The average molecular weight is 144 g/mol. The van der Waals surface area contributed by atoms with Gasteiger partial charge in [-0.05, 0) is 0 Å². The lowest BCUT2D eigenvalue weighted by atomic mass is 10.4. The summed E-state index contributed by atoms with van der Waals surface area (Å²) in [6.45, 7) is 0.855. The van der Waals surface area contributed by atoms with Crippen LogP contribution in [0.15, 0.2) is 24.3 Å². The van der Waals surface area contributed by atoms with Crippen molar-refractivity contribution in [2.24, 2.45) is 0 Å². The molecule has 0 aromatic rings. The van der Waals surface area contributed by atoms with Crippen molar-refractivity contribution in [3.8, 4) is 0 Å². The lowest BCUT2D eigenvalue weighted by molar-refractivity contribution is 0.179. The SMILES string of the molecule is ONCC=CC=CCNO. The Morgan fingerprint density at radius 1 is 0.900 bits per heavy atom. The van der Waals surface area contributed by atoms with Gasteiger partial charge in [0.15, 0.2) is 0 Å². The van der Waals surface area contributed by atoms with Crippen LogP contribution in [0.25, 0.3) is 0 Å². The summed E-state index contributed by atoms with van der Waals surface area (Å²) in [6.07, 6.45) is 7.02. The Morgan fingerprint density at radius 2 is 1.30 bits per heavy atom. The molecule has 0 fully saturated rings. The first-order chi connectivity index (χ1) is 4.91. The van der Waals surface area contributed by atoms with Crippen LogP contribution in [0.4, 0.5) is 0 Å². The zero-order chi connectivity index (χ0) is 7.66. The standard InChI is InChI=1S/C6H12N2O2/c9-7-5-3-1-2-4-6-8-10/h1-4,7-10H,5-6H2. The van der Waals surface area contributed by atoms with Crippen LogP contribution in [-0.2, 0) is 0 Å². The van der Waals surface area contributed by atoms with Gasteiger partial charge in [-0.25, -0.2) is 11.0 Å². The first-order valence-corrected chi connectivity index (χ1v) is 2.97. The summed E-state index contributed by atoms with van der Waals surface area (Å²) in [4.78, 5) is 0. The van der Waals surface area contributed by atoms with Gasteiger partial charge >= 0.3 is 0 Å². The molecule has 0 atom stereocenters. The van der Waals surface area contributed by atoms with E-state index in [4.69, 9.17) is 10.4 Å². The molecule has 0 aliphatic heterocycles. The molecule has 58 valence electrons. The van der Waals surface area contributed by atoms with E-state index in [2.05, 4.69) is 0 Å². The number of hydroxylamine groups is 2. The number of hydrogen-bond donors (Lipinski definition) is 4. The second-order valence-electron chi connectivity index (χ2n) is 1.58. The molecule has 10 heavy (non-hydrogen) atoms. The van der Waals surface area contributed by atoms with Gasteiger partial charge in [0.1, 0.15) is 0 Å². The largest absolute Gasteiger partial charge is 0.317 e. The third-order valence-corrected chi connectivity index (χ3v) is 0.802. The fourth-order valence-corrected chi connectivity index (χ4v) is 0.399. The molecule has 0 aliphatic carbocycles. The molecule has 4 nitrogen and oxygen atoms in total. The van der Waals surface area contributed by atoms with Crippen molar-refractivity contribution in [2.45, 2.75) is 0 Å². The molecule has 4 heteroatoms. The van der Waals surface area contributed by atoms with Crippen LogP contribution in [0.3, 0.4) is 0 Å². The Morgan fingerprint density at radius 3 is 1.60 bits per heavy atom. The predicted molar refractivity (Wildman–Crippen MR) is 37.9 cm³/mol. The molecule has 0 spiro atoms. The van der Waals surface area contributed by atoms with Crippen molar-refractivity contribution in [3.63, 3.8) is 0 Å². The van der Waals surface area contributed by atoms with E-state index >= 15 is 0 Å². The van der Waals surface area contributed by atoms with Gasteiger partial charge in [-0.3, -0.25) is 0 Å². The van der Waals surface area contributed by atoms with Crippen molar-refractivity contribution >= 4 is 0 Å². The molecule has 0 saturated heterocycles. The predicted octanol–water partition coefficient (Wildman–Crippen LogP) is 0.0564. The topological polar surface area (TPSA) is 64.5 Å². The Labute approximate surface area is 59.8 Å². The molecule has 0 heterocycles. The molecule has 0 aliphatic rings.